The Balaban J connectivity index is 3.13. The van der Waals surface area contributed by atoms with Crippen molar-refractivity contribution in [2.75, 3.05) is 0 Å². The Morgan fingerprint density at radius 2 is 2.44 bits per heavy atom. The van der Waals surface area contributed by atoms with Crippen molar-refractivity contribution in [1.29, 1.82) is 0 Å². The lowest BCUT2D eigenvalue weighted by molar-refractivity contribution is 0.723. The highest BCUT2D eigenvalue weighted by Gasteiger charge is 1.93. The molecule has 1 aromatic rings. The maximum absolute atomic E-state index is 10.7. The fraction of sp³-hybridized carbons (Fsp3) is 0.500. The Morgan fingerprint density at radius 3 is 2.67 bits per heavy atom. The van der Waals surface area contributed by atoms with Crippen LogP contribution >= 0.6 is 0 Å². The van der Waals surface area contributed by atoms with Crippen molar-refractivity contribution in [1.82, 2.24) is 9.78 Å². The summed E-state index contributed by atoms with van der Waals surface area (Å²) in [6.45, 7) is 2.01. The molecule has 1 N–H and O–H groups in total. The van der Waals surface area contributed by atoms with Crippen LogP contribution in [0.2, 0.25) is 0 Å². The minimum absolute atomic E-state index is 0.0341. The number of aromatic nitrogens is 2. The van der Waals surface area contributed by atoms with E-state index in [2.05, 4.69) is 5.10 Å². The van der Waals surface area contributed by atoms with Crippen molar-refractivity contribution in [2.24, 2.45) is 7.05 Å². The van der Waals surface area contributed by atoms with E-state index in [9.17, 15) is 4.79 Å². The van der Waals surface area contributed by atoms with Gasteiger partial charge in [-0.3, -0.25) is 14.6 Å². The van der Waals surface area contributed by atoms with E-state index < -0.39 is 0 Å². The fourth-order valence-electron chi connectivity index (χ4n) is 0.730. The molecule has 0 radical (unpaired) electrons. The predicted octanol–water partition coefficient (Wildman–Crippen LogP) is 0.276. The molecule has 0 saturated carbocycles. The molecule has 0 fully saturated rings. The second-order valence-electron chi connectivity index (χ2n) is 2.03. The molecule has 0 spiro atoms. The Kier molecular flexibility index (Phi) is 1.42. The first kappa shape index (κ1) is 6.13. The molecular weight excluding hydrogens is 116 g/mol. The molecule has 50 valence electrons. The standard InChI is InChI=1S/C6H10N2O/c1-3-5-4-6(9)8(2)7-5/h4,7H,3H2,1-2H3. The molecule has 1 rings (SSSR count). The van der Waals surface area contributed by atoms with Gasteiger partial charge < -0.3 is 0 Å². The molecule has 0 saturated heterocycles. The largest absolute Gasteiger partial charge is 0.300 e. The normalized spacial score (nSPS) is 10.0. The van der Waals surface area contributed by atoms with Crippen LogP contribution in [0, 0.1) is 0 Å². The van der Waals surface area contributed by atoms with E-state index in [4.69, 9.17) is 0 Å². The molecule has 0 aliphatic heterocycles. The summed E-state index contributed by atoms with van der Waals surface area (Å²) in [7, 11) is 1.71. The number of nitrogens with zero attached hydrogens (tertiary/aromatic N) is 1. The number of aromatic amines is 1. The molecule has 0 unspecified atom stereocenters. The Hall–Kier alpha value is -0.990. The summed E-state index contributed by atoms with van der Waals surface area (Å²) in [5.41, 5.74) is 1.02. The van der Waals surface area contributed by atoms with Crippen LogP contribution < -0.4 is 5.56 Å². The zero-order valence-electron chi connectivity index (χ0n) is 5.64. The molecule has 0 amide bonds. The first-order valence-corrected chi connectivity index (χ1v) is 2.99. The third kappa shape index (κ3) is 1.04. The van der Waals surface area contributed by atoms with E-state index in [0.29, 0.717) is 0 Å². The number of aryl methyl sites for hydroxylation is 2. The van der Waals surface area contributed by atoms with Crippen LogP contribution in [0.25, 0.3) is 0 Å². The van der Waals surface area contributed by atoms with Gasteiger partial charge in [0.05, 0.1) is 0 Å². The van der Waals surface area contributed by atoms with Crippen molar-refractivity contribution in [3.05, 3.63) is 22.1 Å². The second-order valence-corrected chi connectivity index (χ2v) is 2.03. The van der Waals surface area contributed by atoms with Gasteiger partial charge in [-0.25, -0.2) is 0 Å². The fourth-order valence-corrected chi connectivity index (χ4v) is 0.730. The minimum atomic E-state index is 0.0341. The van der Waals surface area contributed by atoms with E-state index >= 15 is 0 Å². The second kappa shape index (κ2) is 2.09. The van der Waals surface area contributed by atoms with Crippen molar-refractivity contribution < 1.29 is 0 Å². The lowest BCUT2D eigenvalue weighted by atomic mass is 10.3. The van der Waals surface area contributed by atoms with Crippen molar-refractivity contribution in [2.45, 2.75) is 13.3 Å². The van der Waals surface area contributed by atoms with Crippen LogP contribution in [-0.4, -0.2) is 9.78 Å². The summed E-state index contributed by atoms with van der Waals surface area (Å²) in [6, 6.07) is 1.61. The third-order valence-electron chi connectivity index (χ3n) is 1.32. The van der Waals surface area contributed by atoms with Crippen molar-refractivity contribution >= 4 is 0 Å². The zero-order chi connectivity index (χ0) is 6.85. The van der Waals surface area contributed by atoms with Gasteiger partial charge in [0, 0.05) is 18.8 Å². The van der Waals surface area contributed by atoms with Crippen LogP contribution in [0.5, 0.6) is 0 Å². The van der Waals surface area contributed by atoms with Gasteiger partial charge in [0.1, 0.15) is 0 Å². The topological polar surface area (TPSA) is 37.8 Å². The Bertz CT molecular complexity index is 246. The maximum Gasteiger partial charge on any atom is 0.266 e. The van der Waals surface area contributed by atoms with Crippen molar-refractivity contribution in [3.8, 4) is 0 Å². The van der Waals surface area contributed by atoms with Crippen LogP contribution in [0.3, 0.4) is 0 Å². The van der Waals surface area contributed by atoms with Gasteiger partial charge in [-0.1, -0.05) is 6.92 Å². The van der Waals surface area contributed by atoms with Crippen molar-refractivity contribution in [3.63, 3.8) is 0 Å². The summed E-state index contributed by atoms with van der Waals surface area (Å²) in [5, 5.41) is 2.90. The highest BCUT2D eigenvalue weighted by atomic mass is 16.1. The molecular formula is C6H10N2O. The number of nitrogens with one attached hydrogen (secondary N) is 1. The summed E-state index contributed by atoms with van der Waals surface area (Å²) in [6.07, 6.45) is 0.885. The third-order valence-corrected chi connectivity index (χ3v) is 1.32. The van der Waals surface area contributed by atoms with Crippen LogP contribution in [0.1, 0.15) is 12.6 Å². The molecule has 1 aromatic heterocycles. The summed E-state index contributed by atoms with van der Waals surface area (Å²) in [4.78, 5) is 10.7. The van der Waals surface area contributed by atoms with Crippen LogP contribution in [-0.2, 0) is 13.5 Å². The SMILES string of the molecule is CCc1cc(=O)n(C)[nH]1. The Morgan fingerprint density at radius 1 is 1.78 bits per heavy atom. The van der Waals surface area contributed by atoms with Gasteiger partial charge in [-0.2, -0.15) is 0 Å². The van der Waals surface area contributed by atoms with E-state index in [1.807, 2.05) is 6.92 Å². The molecule has 0 aliphatic rings. The molecule has 3 nitrogen and oxygen atoms in total. The smallest absolute Gasteiger partial charge is 0.266 e. The van der Waals surface area contributed by atoms with E-state index in [0.717, 1.165) is 12.1 Å². The summed E-state index contributed by atoms with van der Waals surface area (Å²) < 4.78 is 1.47. The molecule has 0 aliphatic carbocycles. The maximum atomic E-state index is 10.7. The van der Waals surface area contributed by atoms with Gasteiger partial charge >= 0.3 is 0 Å². The Labute approximate surface area is 53.3 Å². The van der Waals surface area contributed by atoms with Crippen LogP contribution in [0.15, 0.2) is 10.9 Å². The first-order valence-electron chi connectivity index (χ1n) is 2.99. The lowest BCUT2D eigenvalue weighted by Gasteiger charge is -1.86. The molecule has 0 aromatic carbocycles. The van der Waals surface area contributed by atoms with E-state index in [1.54, 1.807) is 13.1 Å². The number of hydrogen-bond acceptors (Lipinski definition) is 1. The van der Waals surface area contributed by atoms with E-state index in [-0.39, 0.29) is 5.56 Å². The molecule has 0 bridgehead atoms. The quantitative estimate of drug-likeness (QED) is 0.576. The van der Waals surface area contributed by atoms with Crippen LogP contribution in [0.4, 0.5) is 0 Å². The first-order chi connectivity index (χ1) is 4.24. The highest BCUT2D eigenvalue weighted by Crippen LogP contribution is 1.87. The summed E-state index contributed by atoms with van der Waals surface area (Å²) in [5.74, 6) is 0. The number of H-pyrrole nitrogens is 1. The lowest BCUT2D eigenvalue weighted by Crippen LogP contribution is -2.09. The molecule has 9 heavy (non-hydrogen) atoms. The molecule has 1 heterocycles. The van der Waals surface area contributed by atoms with Gasteiger partial charge in [0.25, 0.3) is 5.56 Å². The minimum Gasteiger partial charge on any atom is -0.300 e. The number of rotatable bonds is 1. The molecule has 0 atom stereocenters. The average molecular weight is 126 g/mol. The summed E-state index contributed by atoms with van der Waals surface area (Å²) >= 11 is 0. The zero-order valence-corrected chi connectivity index (χ0v) is 5.64. The van der Waals surface area contributed by atoms with Gasteiger partial charge in [-0.15, -0.1) is 0 Å². The predicted molar refractivity (Wildman–Crippen MR) is 35.4 cm³/mol. The van der Waals surface area contributed by atoms with Gasteiger partial charge in [0.15, 0.2) is 0 Å². The van der Waals surface area contributed by atoms with E-state index in [1.165, 1.54) is 4.68 Å². The molecule has 3 heteroatoms. The average Bonchev–Trinajstić information content (AvgIpc) is 2.13. The monoisotopic (exact) mass is 126 g/mol. The highest BCUT2D eigenvalue weighted by molar-refractivity contribution is 4.97. The van der Waals surface area contributed by atoms with Gasteiger partial charge in [-0.05, 0) is 6.42 Å². The van der Waals surface area contributed by atoms with Gasteiger partial charge in [0.2, 0.25) is 0 Å². The number of hydrogen-bond donors (Lipinski definition) is 1.